The number of hydrogen-bond acceptors (Lipinski definition) is 3. The first-order chi connectivity index (χ1) is 8.18. The largest absolute Gasteiger partial charge is 0.479 e. The molecule has 1 N–H and O–H groups in total. The number of hydrogen-bond donors (Lipinski definition) is 1. The predicted molar refractivity (Wildman–Crippen MR) is 58.3 cm³/mol. The highest BCUT2D eigenvalue weighted by Crippen LogP contribution is 2.58. The lowest BCUT2D eigenvalue weighted by Gasteiger charge is -2.31. The van der Waals surface area contributed by atoms with Crippen molar-refractivity contribution in [3.05, 3.63) is 0 Å². The third-order valence-corrected chi connectivity index (χ3v) is 4.35. The Labute approximate surface area is 99.7 Å². The lowest BCUT2D eigenvalue weighted by molar-refractivity contribution is -0.160. The van der Waals surface area contributed by atoms with Gasteiger partial charge in [0.05, 0.1) is 13.2 Å². The fourth-order valence-corrected chi connectivity index (χ4v) is 3.40. The molecule has 3 aliphatic rings. The number of amides is 1. The fourth-order valence-electron chi connectivity index (χ4n) is 3.40. The van der Waals surface area contributed by atoms with Gasteiger partial charge in [0, 0.05) is 12.5 Å². The summed E-state index contributed by atoms with van der Waals surface area (Å²) in [6.45, 7) is 1.09. The number of morpholine rings is 1. The minimum atomic E-state index is -0.974. The molecule has 94 valence electrons. The number of carboxylic acids is 1. The molecule has 0 radical (unpaired) electrons. The molecule has 3 rings (SSSR count). The number of ether oxygens (including phenoxy) is 1. The zero-order valence-electron chi connectivity index (χ0n) is 9.67. The van der Waals surface area contributed by atoms with Crippen molar-refractivity contribution >= 4 is 11.9 Å². The van der Waals surface area contributed by atoms with E-state index < -0.39 is 12.1 Å². The van der Waals surface area contributed by atoms with Gasteiger partial charge in [-0.25, -0.2) is 4.79 Å². The zero-order valence-corrected chi connectivity index (χ0v) is 9.67. The quantitative estimate of drug-likeness (QED) is 0.754. The van der Waals surface area contributed by atoms with Crippen LogP contribution in [-0.4, -0.2) is 47.7 Å². The number of carbonyl (C=O) groups excluding carboxylic acids is 1. The summed E-state index contributed by atoms with van der Waals surface area (Å²) in [6, 6.07) is 0. The zero-order chi connectivity index (χ0) is 12.0. The van der Waals surface area contributed by atoms with Crippen LogP contribution in [0.4, 0.5) is 0 Å². The van der Waals surface area contributed by atoms with Gasteiger partial charge in [-0.15, -0.1) is 0 Å². The molecule has 2 aliphatic carbocycles. The molecule has 3 atom stereocenters. The number of nitrogens with zero attached hydrogens (tertiary/aromatic N) is 1. The average Bonchev–Trinajstić information content (AvgIpc) is 2.81. The molecule has 0 spiro atoms. The van der Waals surface area contributed by atoms with Crippen molar-refractivity contribution in [1.82, 2.24) is 4.90 Å². The summed E-state index contributed by atoms with van der Waals surface area (Å²) < 4.78 is 5.12. The van der Waals surface area contributed by atoms with Gasteiger partial charge in [-0.3, -0.25) is 4.79 Å². The van der Waals surface area contributed by atoms with Crippen LogP contribution >= 0.6 is 0 Å². The van der Waals surface area contributed by atoms with Crippen LogP contribution in [0.3, 0.4) is 0 Å². The maximum absolute atomic E-state index is 12.2. The summed E-state index contributed by atoms with van der Waals surface area (Å²) in [6.07, 6.45) is 2.76. The Balaban J connectivity index is 1.60. The Morgan fingerprint density at radius 3 is 2.59 bits per heavy atom. The summed E-state index contributed by atoms with van der Waals surface area (Å²) in [5.41, 5.74) is 0. The Hall–Kier alpha value is -1.10. The molecule has 1 aliphatic heterocycles. The topological polar surface area (TPSA) is 66.8 Å². The van der Waals surface area contributed by atoms with E-state index in [1.807, 2.05) is 0 Å². The molecule has 0 bridgehead atoms. The number of carboxylic acid groups (broad SMARTS) is 1. The number of carbonyl (C=O) groups is 2. The van der Waals surface area contributed by atoms with Gasteiger partial charge in [-0.2, -0.15) is 0 Å². The molecule has 1 amide bonds. The van der Waals surface area contributed by atoms with Gasteiger partial charge in [0.25, 0.3) is 0 Å². The van der Waals surface area contributed by atoms with Crippen LogP contribution in [0.2, 0.25) is 0 Å². The third kappa shape index (κ3) is 1.82. The average molecular weight is 239 g/mol. The minimum Gasteiger partial charge on any atom is -0.479 e. The van der Waals surface area contributed by atoms with Crippen LogP contribution in [0.25, 0.3) is 0 Å². The SMILES string of the molecule is O=C(O)C1CN(C(=O)C2C3CCCC32)CCO1. The van der Waals surface area contributed by atoms with Crippen molar-refractivity contribution in [2.45, 2.75) is 25.4 Å². The van der Waals surface area contributed by atoms with E-state index in [-0.39, 0.29) is 18.4 Å². The van der Waals surface area contributed by atoms with Crippen LogP contribution < -0.4 is 0 Å². The van der Waals surface area contributed by atoms with Gasteiger partial charge < -0.3 is 14.7 Å². The highest BCUT2D eigenvalue weighted by molar-refractivity contribution is 5.83. The lowest BCUT2D eigenvalue weighted by Crippen LogP contribution is -2.49. The molecular weight excluding hydrogens is 222 g/mol. The van der Waals surface area contributed by atoms with Crippen LogP contribution in [0.1, 0.15) is 19.3 Å². The molecule has 5 nitrogen and oxygen atoms in total. The molecule has 17 heavy (non-hydrogen) atoms. The van der Waals surface area contributed by atoms with Crippen molar-refractivity contribution in [3.63, 3.8) is 0 Å². The Morgan fingerprint density at radius 2 is 1.94 bits per heavy atom. The molecule has 3 fully saturated rings. The van der Waals surface area contributed by atoms with E-state index >= 15 is 0 Å². The van der Waals surface area contributed by atoms with Crippen molar-refractivity contribution in [3.8, 4) is 0 Å². The third-order valence-electron chi connectivity index (χ3n) is 4.35. The highest BCUT2D eigenvalue weighted by atomic mass is 16.5. The molecule has 0 aromatic heterocycles. The van der Waals surface area contributed by atoms with Crippen molar-refractivity contribution < 1.29 is 19.4 Å². The van der Waals surface area contributed by atoms with Crippen LogP contribution in [0.5, 0.6) is 0 Å². The normalized spacial score (nSPS) is 39.9. The van der Waals surface area contributed by atoms with Crippen molar-refractivity contribution in [2.75, 3.05) is 19.7 Å². The highest BCUT2D eigenvalue weighted by Gasteiger charge is 2.57. The van der Waals surface area contributed by atoms with Crippen LogP contribution in [0.15, 0.2) is 0 Å². The van der Waals surface area contributed by atoms with Gasteiger partial charge in [-0.05, 0) is 24.7 Å². The van der Waals surface area contributed by atoms with E-state index in [1.165, 1.54) is 19.3 Å². The molecule has 2 saturated carbocycles. The maximum Gasteiger partial charge on any atom is 0.334 e. The van der Waals surface area contributed by atoms with E-state index in [1.54, 1.807) is 4.90 Å². The first-order valence-electron chi connectivity index (χ1n) is 6.31. The van der Waals surface area contributed by atoms with E-state index in [2.05, 4.69) is 0 Å². The van der Waals surface area contributed by atoms with Gasteiger partial charge in [0.2, 0.25) is 5.91 Å². The monoisotopic (exact) mass is 239 g/mol. The number of rotatable bonds is 2. The van der Waals surface area contributed by atoms with E-state index in [0.717, 1.165) is 0 Å². The number of aliphatic carboxylic acids is 1. The van der Waals surface area contributed by atoms with Gasteiger partial charge in [-0.1, -0.05) is 6.42 Å². The van der Waals surface area contributed by atoms with E-state index in [0.29, 0.717) is 25.0 Å². The molecule has 1 saturated heterocycles. The predicted octanol–water partition coefficient (Wildman–Crippen LogP) is 0.344. The first kappa shape index (κ1) is 11.0. The lowest BCUT2D eigenvalue weighted by atomic mass is 10.1. The standard InChI is InChI=1S/C12H17NO4/c14-11(10-7-2-1-3-8(7)10)13-4-5-17-9(6-13)12(15)16/h7-10H,1-6H2,(H,15,16). The first-order valence-corrected chi connectivity index (χ1v) is 6.31. The number of fused-ring (bicyclic) bond motifs is 1. The van der Waals surface area contributed by atoms with Crippen molar-refractivity contribution in [2.24, 2.45) is 17.8 Å². The summed E-state index contributed by atoms with van der Waals surface area (Å²) in [7, 11) is 0. The van der Waals surface area contributed by atoms with Gasteiger partial charge in [0.15, 0.2) is 6.10 Å². The molecule has 0 aromatic rings. The molecule has 1 heterocycles. The van der Waals surface area contributed by atoms with E-state index in [4.69, 9.17) is 9.84 Å². The second kappa shape index (κ2) is 3.98. The second-order valence-corrected chi connectivity index (χ2v) is 5.27. The molecule has 5 heteroatoms. The van der Waals surface area contributed by atoms with Crippen LogP contribution in [0, 0.1) is 17.8 Å². The van der Waals surface area contributed by atoms with Gasteiger partial charge >= 0.3 is 5.97 Å². The van der Waals surface area contributed by atoms with Crippen LogP contribution in [-0.2, 0) is 14.3 Å². The minimum absolute atomic E-state index is 0.161. The molecule has 3 unspecified atom stereocenters. The van der Waals surface area contributed by atoms with Gasteiger partial charge in [0.1, 0.15) is 0 Å². The second-order valence-electron chi connectivity index (χ2n) is 5.27. The summed E-state index contributed by atoms with van der Waals surface area (Å²) >= 11 is 0. The maximum atomic E-state index is 12.2. The van der Waals surface area contributed by atoms with E-state index in [9.17, 15) is 9.59 Å². The summed E-state index contributed by atoms with van der Waals surface area (Å²) in [5.74, 6) is 0.561. The summed E-state index contributed by atoms with van der Waals surface area (Å²) in [5, 5.41) is 8.89. The smallest absolute Gasteiger partial charge is 0.334 e. The molecule has 0 aromatic carbocycles. The fraction of sp³-hybridized carbons (Fsp3) is 0.833. The Bertz CT molecular complexity index is 346. The summed E-state index contributed by atoms with van der Waals surface area (Å²) in [4.78, 5) is 24.7. The Kier molecular flexibility index (Phi) is 2.58. The Morgan fingerprint density at radius 1 is 1.24 bits per heavy atom. The molecular formula is C12H17NO4. The van der Waals surface area contributed by atoms with Crippen molar-refractivity contribution in [1.29, 1.82) is 0 Å².